The van der Waals surface area contributed by atoms with Crippen LogP contribution in [-0.4, -0.2) is 42.0 Å². The summed E-state index contributed by atoms with van der Waals surface area (Å²) in [5, 5.41) is 9.72. The number of amides is 1. The molecular formula is C39H43ClN4O4. The van der Waals surface area contributed by atoms with Gasteiger partial charge in [0.1, 0.15) is 36.5 Å². The van der Waals surface area contributed by atoms with Crippen molar-refractivity contribution in [3.05, 3.63) is 105 Å². The first-order valence-electron chi connectivity index (χ1n) is 16.5. The van der Waals surface area contributed by atoms with Gasteiger partial charge < -0.3 is 24.8 Å². The van der Waals surface area contributed by atoms with Gasteiger partial charge in [-0.2, -0.15) is 5.26 Å². The number of piperidine rings is 1. The Morgan fingerprint density at radius 3 is 2.52 bits per heavy atom. The molecule has 48 heavy (non-hydrogen) atoms. The lowest BCUT2D eigenvalue weighted by atomic mass is 9.93. The second-order valence-corrected chi connectivity index (χ2v) is 12.7. The second-order valence-electron chi connectivity index (χ2n) is 12.3. The first kappa shape index (κ1) is 34.7. The third kappa shape index (κ3) is 8.66. The number of rotatable bonds is 14. The van der Waals surface area contributed by atoms with E-state index in [-0.39, 0.29) is 18.4 Å². The Bertz CT molecular complexity index is 1790. The maximum absolute atomic E-state index is 11.6. The van der Waals surface area contributed by atoms with Crippen molar-refractivity contribution >= 4 is 17.5 Å². The number of nitriles is 1. The summed E-state index contributed by atoms with van der Waals surface area (Å²) in [6.07, 6.45) is 6.73. The molecule has 1 saturated heterocycles. The van der Waals surface area contributed by atoms with E-state index in [9.17, 15) is 10.1 Å². The van der Waals surface area contributed by atoms with Crippen molar-refractivity contribution < 1.29 is 19.0 Å². The molecule has 4 aromatic rings. The molecule has 0 spiro atoms. The van der Waals surface area contributed by atoms with Crippen LogP contribution in [0.2, 0.25) is 5.02 Å². The first-order valence-corrected chi connectivity index (χ1v) is 16.9. The summed E-state index contributed by atoms with van der Waals surface area (Å²) < 4.78 is 18.7. The molecule has 1 aliphatic rings. The van der Waals surface area contributed by atoms with E-state index in [1.54, 1.807) is 12.3 Å². The fraction of sp³-hybridized carbons (Fsp3) is 0.359. The van der Waals surface area contributed by atoms with E-state index in [2.05, 4.69) is 48.0 Å². The molecule has 3 aromatic carbocycles. The topological polar surface area (TPSA) is 111 Å². The highest BCUT2D eigenvalue weighted by molar-refractivity contribution is 6.32. The summed E-state index contributed by atoms with van der Waals surface area (Å²) in [6, 6.07) is 20.0. The number of pyridine rings is 1. The van der Waals surface area contributed by atoms with Gasteiger partial charge in [0, 0.05) is 37.1 Å². The van der Waals surface area contributed by atoms with Crippen LogP contribution < -0.4 is 19.9 Å². The molecule has 9 heteroatoms. The number of halogens is 1. The average molecular weight is 667 g/mol. The van der Waals surface area contributed by atoms with E-state index in [1.807, 2.05) is 37.3 Å². The van der Waals surface area contributed by atoms with E-state index >= 15 is 0 Å². The van der Waals surface area contributed by atoms with Crippen LogP contribution in [0.5, 0.6) is 17.2 Å². The van der Waals surface area contributed by atoms with Crippen molar-refractivity contribution in [2.45, 2.75) is 59.7 Å². The number of nitrogens with two attached hydrogens (primary N) is 1. The number of likely N-dealkylation sites (tertiary alicyclic amines) is 1. The molecule has 0 radical (unpaired) electrons. The van der Waals surface area contributed by atoms with Crippen LogP contribution in [0, 0.1) is 31.1 Å². The fourth-order valence-corrected chi connectivity index (χ4v) is 6.44. The lowest BCUT2D eigenvalue weighted by Gasteiger charge is -2.31. The van der Waals surface area contributed by atoms with Crippen molar-refractivity contribution in [3.8, 4) is 34.4 Å². The summed E-state index contributed by atoms with van der Waals surface area (Å²) in [7, 11) is 0. The molecule has 1 aliphatic heterocycles. The number of primary amides is 1. The Morgan fingerprint density at radius 1 is 0.979 bits per heavy atom. The highest BCUT2D eigenvalue weighted by atomic mass is 35.5. The van der Waals surface area contributed by atoms with Gasteiger partial charge in [0.2, 0.25) is 5.91 Å². The summed E-state index contributed by atoms with van der Waals surface area (Å²) >= 11 is 6.66. The number of hydrogen-bond acceptors (Lipinski definition) is 7. The van der Waals surface area contributed by atoms with Gasteiger partial charge in [-0.25, -0.2) is 0 Å². The lowest BCUT2D eigenvalue weighted by Crippen LogP contribution is -2.41. The standard InChI is InChI=1S/C39H43ClN4O4/c1-4-30-18-35(40)38(19-37(30)47-24-29-17-28(20-41)21-43-22-29)48-25-32-9-5-11-33(26(32)2)34-12-6-13-36(27(34)3)46-16-8-15-44-14-7-10-31(23-44)39(42)45/h5-6,9,11-13,17-19,21-22,31H,4,7-8,10,14-16,23-25H2,1-3H3,(H2,42,45). The van der Waals surface area contributed by atoms with Crippen LogP contribution >= 0.6 is 11.6 Å². The largest absolute Gasteiger partial charge is 0.493 e. The Labute approximate surface area is 288 Å². The van der Waals surface area contributed by atoms with Crippen LogP contribution in [0.4, 0.5) is 0 Å². The van der Waals surface area contributed by atoms with Gasteiger partial charge in [0.25, 0.3) is 0 Å². The third-order valence-corrected chi connectivity index (χ3v) is 9.30. The quantitative estimate of drug-likeness (QED) is 0.138. The van der Waals surface area contributed by atoms with Gasteiger partial charge >= 0.3 is 0 Å². The van der Waals surface area contributed by atoms with Crippen LogP contribution in [0.3, 0.4) is 0 Å². The molecule has 8 nitrogen and oxygen atoms in total. The number of benzene rings is 3. The van der Waals surface area contributed by atoms with Crippen molar-refractivity contribution in [3.63, 3.8) is 0 Å². The second kappa shape index (κ2) is 16.5. The van der Waals surface area contributed by atoms with Crippen molar-refractivity contribution in [1.82, 2.24) is 9.88 Å². The van der Waals surface area contributed by atoms with E-state index in [0.717, 1.165) is 90.0 Å². The number of ether oxygens (including phenoxy) is 3. The van der Waals surface area contributed by atoms with Gasteiger partial charge in [-0.05, 0) is 97.7 Å². The molecule has 2 N–H and O–H groups in total. The minimum Gasteiger partial charge on any atom is -0.493 e. The molecule has 1 amide bonds. The molecule has 250 valence electrons. The van der Waals surface area contributed by atoms with Gasteiger partial charge in [0.05, 0.1) is 23.1 Å². The van der Waals surface area contributed by atoms with E-state index in [1.165, 1.54) is 6.20 Å². The maximum atomic E-state index is 11.6. The zero-order chi connectivity index (χ0) is 34.0. The normalized spacial score (nSPS) is 14.7. The van der Waals surface area contributed by atoms with E-state index in [4.69, 9.17) is 31.5 Å². The molecule has 1 atom stereocenters. The summed E-state index contributed by atoms with van der Waals surface area (Å²) in [5.74, 6) is 1.85. The molecule has 1 fully saturated rings. The fourth-order valence-electron chi connectivity index (χ4n) is 6.20. The van der Waals surface area contributed by atoms with Crippen LogP contribution in [0.25, 0.3) is 11.1 Å². The predicted molar refractivity (Wildman–Crippen MR) is 188 cm³/mol. The average Bonchev–Trinajstić information content (AvgIpc) is 3.10. The first-order chi connectivity index (χ1) is 23.3. The maximum Gasteiger partial charge on any atom is 0.221 e. The molecule has 5 rings (SSSR count). The SMILES string of the molecule is CCc1cc(Cl)c(OCc2cccc(-c3cccc(OCCCN4CCCC(C(N)=O)C4)c3C)c2C)cc1OCc1cncc(C#N)c1. The van der Waals surface area contributed by atoms with Gasteiger partial charge in [-0.1, -0.05) is 48.9 Å². The van der Waals surface area contributed by atoms with Crippen molar-refractivity contribution in [1.29, 1.82) is 5.26 Å². The van der Waals surface area contributed by atoms with Crippen molar-refractivity contribution in [2.75, 3.05) is 26.2 Å². The monoisotopic (exact) mass is 666 g/mol. The van der Waals surface area contributed by atoms with Crippen LogP contribution in [0.1, 0.15) is 59.6 Å². The molecule has 0 saturated carbocycles. The van der Waals surface area contributed by atoms with E-state index in [0.29, 0.717) is 35.3 Å². The smallest absolute Gasteiger partial charge is 0.221 e. The molecule has 2 heterocycles. The minimum absolute atomic E-state index is 0.0450. The molecule has 1 aromatic heterocycles. The summed E-state index contributed by atoms with van der Waals surface area (Å²) in [4.78, 5) is 18.1. The Hall–Kier alpha value is -4.58. The zero-order valence-corrected chi connectivity index (χ0v) is 28.7. The number of nitrogens with zero attached hydrogens (tertiary/aromatic N) is 3. The summed E-state index contributed by atoms with van der Waals surface area (Å²) in [5.41, 5.74) is 13.3. The molecule has 0 aliphatic carbocycles. The van der Waals surface area contributed by atoms with Crippen LogP contribution in [0.15, 0.2) is 67.0 Å². The third-order valence-electron chi connectivity index (χ3n) is 9.00. The zero-order valence-electron chi connectivity index (χ0n) is 27.9. The number of carbonyl (C=O) groups is 1. The Kier molecular flexibility index (Phi) is 11.9. The van der Waals surface area contributed by atoms with Crippen molar-refractivity contribution in [2.24, 2.45) is 11.7 Å². The minimum atomic E-state index is -0.197. The molecular weight excluding hydrogens is 624 g/mol. The lowest BCUT2D eigenvalue weighted by molar-refractivity contribution is -0.123. The van der Waals surface area contributed by atoms with E-state index < -0.39 is 0 Å². The number of carbonyl (C=O) groups excluding carboxylic acids is 1. The number of aromatic nitrogens is 1. The van der Waals surface area contributed by atoms with Gasteiger partial charge in [-0.15, -0.1) is 0 Å². The highest BCUT2D eigenvalue weighted by Gasteiger charge is 2.23. The van der Waals surface area contributed by atoms with Crippen LogP contribution in [-0.2, 0) is 24.4 Å². The molecule has 1 unspecified atom stereocenters. The van der Waals surface area contributed by atoms with Gasteiger partial charge in [-0.3, -0.25) is 9.78 Å². The number of hydrogen-bond donors (Lipinski definition) is 1. The Balaban J connectivity index is 1.24. The highest BCUT2D eigenvalue weighted by Crippen LogP contribution is 2.36. The summed E-state index contributed by atoms with van der Waals surface area (Å²) in [6.45, 7) is 10.1. The molecule has 0 bridgehead atoms. The van der Waals surface area contributed by atoms with Gasteiger partial charge in [0.15, 0.2) is 0 Å². The Morgan fingerprint density at radius 2 is 1.75 bits per heavy atom. The predicted octanol–water partition coefficient (Wildman–Crippen LogP) is 7.58. The number of aryl methyl sites for hydroxylation is 1.